The lowest BCUT2D eigenvalue weighted by Crippen LogP contribution is -2.20. The molecule has 1 aliphatic heterocycles. The van der Waals surface area contributed by atoms with Crippen LogP contribution in [-0.2, 0) is 12.8 Å². The van der Waals surface area contributed by atoms with E-state index in [-0.39, 0.29) is 0 Å². The number of rotatable bonds is 11. The fourth-order valence-electron chi connectivity index (χ4n) is 3.53. The Morgan fingerprint density at radius 2 is 1.30 bits per heavy atom. The first-order chi connectivity index (χ1) is 14.7. The summed E-state index contributed by atoms with van der Waals surface area (Å²) in [6.45, 7) is 22.4. The zero-order valence-electron chi connectivity index (χ0n) is 21.9. The molecule has 1 saturated heterocycles. The zero-order chi connectivity index (χ0) is 23.0. The van der Waals surface area contributed by atoms with Gasteiger partial charge in [0.2, 0.25) is 0 Å². The Balaban J connectivity index is 0. The molecule has 0 atom stereocenters. The van der Waals surface area contributed by atoms with Crippen LogP contribution in [0, 0.1) is 0 Å². The second-order valence-corrected chi connectivity index (χ2v) is 7.99. The van der Waals surface area contributed by atoms with Crippen LogP contribution in [0.25, 0.3) is 0 Å². The Morgan fingerprint density at radius 1 is 0.767 bits per heavy atom. The van der Waals surface area contributed by atoms with E-state index in [2.05, 4.69) is 56.5 Å². The highest BCUT2D eigenvalue weighted by Gasteiger charge is 2.10. The molecule has 0 radical (unpaired) electrons. The summed E-state index contributed by atoms with van der Waals surface area (Å²) in [5, 5.41) is 0. The van der Waals surface area contributed by atoms with Crippen LogP contribution in [0.5, 0.6) is 0 Å². The number of nitrogens with zero attached hydrogens (tertiary/aromatic N) is 1. The molecular formula is C29H55N. The minimum atomic E-state index is 1.22. The van der Waals surface area contributed by atoms with Crippen LogP contribution in [0.15, 0.2) is 36.4 Å². The molecule has 1 nitrogen and oxygen atoms in total. The molecule has 1 heteroatoms. The van der Waals surface area contributed by atoms with Crippen LogP contribution in [0.3, 0.4) is 0 Å². The molecule has 0 spiro atoms. The minimum absolute atomic E-state index is 1.22. The highest BCUT2D eigenvalue weighted by atomic mass is 15.1. The minimum Gasteiger partial charge on any atom is -0.303 e. The van der Waals surface area contributed by atoms with E-state index in [0.29, 0.717) is 0 Å². The maximum absolute atomic E-state index is 3.85. The summed E-state index contributed by atoms with van der Waals surface area (Å²) in [6, 6.07) is 9.23. The second kappa shape index (κ2) is 24.2. The molecule has 0 N–H and O–H groups in total. The largest absolute Gasteiger partial charge is 0.303 e. The first-order valence-corrected chi connectivity index (χ1v) is 13.1. The predicted octanol–water partition coefficient (Wildman–Crippen LogP) is 9.25. The van der Waals surface area contributed by atoms with Crippen molar-refractivity contribution in [3.8, 4) is 0 Å². The SMILES string of the molecule is C=C(C)CCCCCC.CC.CC.CCCc1ccc(CCCN2CCCC2)cc1. The molecule has 176 valence electrons. The Labute approximate surface area is 191 Å². The molecule has 1 fully saturated rings. The number of hydrogen-bond acceptors (Lipinski definition) is 1. The van der Waals surface area contributed by atoms with E-state index >= 15 is 0 Å². The standard InChI is InChI=1S/C16H25N.C9H18.2C2H6/c1-2-6-15-8-10-16(11-9-15)7-5-14-17-12-3-4-13-17;1-4-5-6-7-8-9(2)3;2*1-2/h8-11H,2-7,12-14H2,1H3;2,4-8H2,1,3H3;2*1-2H3. The van der Waals surface area contributed by atoms with Crippen molar-refractivity contribution in [2.24, 2.45) is 0 Å². The van der Waals surface area contributed by atoms with Crippen molar-refractivity contribution >= 4 is 0 Å². The molecule has 0 amide bonds. The van der Waals surface area contributed by atoms with Gasteiger partial charge >= 0.3 is 0 Å². The maximum atomic E-state index is 3.85. The number of allylic oxidation sites excluding steroid dienone is 1. The van der Waals surface area contributed by atoms with Gasteiger partial charge < -0.3 is 4.90 Å². The first-order valence-electron chi connectivity index (χ1n) is 13.1. The third-order valence-corrected chi connectivity index (χ3v) is 5.16. The predicted molar refractivity (Wildman–Crippen MR) is 141 cm³/mol. The number of aryl methyl sites for hydroxylation is 2. The first kappa shape index (κ1) is 31.1. The monoisotopic (exact) mass is 417 g/mol. The number of benzene rings is 1. The topological polar surface area (TPSA) is 3.24 Å². The molecule has 1 aromatic carbocycles. The fraction of sp³-hybridized carbons (Fsp3) is 0.724. The van der Waals surface area contributed by atoms with Gasteiger partial charge in [-0.05, 0) is 82.6 Å². The van der Waals surface area contributed by atoms with Crippen molar-refractivity contribution in [2.75, 3.05) is 19.6 Å². The van der Waals surface area contributed by atoms with Gasteiger partial charge in [-0.15, -0.1) is 6.58 Å². The Kier molecular flexibility index (Phi) is 25.1. The fourth-order valence-corrected chi connectivity index (χ4v) is 3.53. The van der Waals surface area contributed by atoms with Crippen LogP contribution < -0.4 is 0 Å². The van der Waals surface area contributed by atoms with E-state index in [1.54, 1.807) is 0 Å². The van der Waals surface area contributed by atoms with Gasteiger partial charge in [0.05, 0.1) is 0 Å². The average Bonchev–Trinajstić information content (AvgIpc) is 3.30. The molecule has 0 unspecified atom stereocenters. The molecule has 1 aromatic rings. The van der Waals surface area contributed by atoms with Crippen LogP contribution >= 0.6 is 0 Å². The van der Waals surface area contributed by atoms with Gasteiger partial charge in [0.1, 0.15) is 0 Å². The highest BCUT2D eigenvalue weighted by molar-refractivity contribution is 5.22. The quantitative estimate of drug-likeness (QED) is 0.256. The van der Waals surface area contributed by atoms with Crippen molar-refractivity contribution in [2.45, 2.75) is 119 Å². The van der Waals surface area contributed by atoms with E-state index in [9.17, 15) is 0 Å². The van der Waals surface area contributed by atoms with Crippen molar-refractivity contribution in [1.82, 2.24) is 4.90 Å². The van der Waals surface area contributed by atoms with Gasteiger partial charge in [-0.25, -0.2) is 0 Å². The lowest BCUT2D eigenvalue weighted by atomic mass is 10.0. The number of likely N-dealkylation sites (tertiary alicyclic amines) is 1. The maximum Gasteiger partial charge on any atom is -0.00156 e. The van der Waals surface area contributed by atoms with E-state index in [4.69, 9.17) is 0 Å². The third-order valence-electron chi connectivity index (χ3n) is 5.16. The van der Waals surface area contributed by atoms with Gasteiger partial charge in [-0.2, -0.15) is 0 Å². The van der Waals surface area contributed by atoms with Crippen molar-refractivity contribution < 1.29 is 0 Å². The van der Waals surface area contributed by atoms with Crippen molar-refractivity contribution in [3.05, 3.63) is 47.5 Å². The van der Waals surface area contributed by atoms with E-state index in [1.165, 1.54) is 107 Å². The van der Waals surface area contributed by atoms with E-state index in [0.717, 1.165) is 0 Å². The Hall–Kier alpha value is -1.08. The summed E-state index contributed by atoms with van der Waals surface area (Å²) in [5.41, 5.74) is 4.31. The molecule has 30 heavy (non-hydrogen) atoms. The summed E-state index contributed by atoms with van der Waals surface area (Å²) in [6.07, 6.45) is 14.5. The molecule has 1 heterocycles. The normalized spacial score (nSPS) is 12.6. The summed E-state index contributed by atoms with van der Waals surface area (Å²) in [4.78, 5) is 2.60. The Morgan fingerprint density at radius 3 is 1.77 bits per heavy atom. The van der Waals surface area contributed by atoms with Crippen LogP contribution in [0.4, 0.5) is 0 Å². The van der Waals surface area contributed by atoms with Crippen LogP contribution in [-0.4, -0.2) is 24.5 Å². The molecule has 0 bridgehead atoms. The van der Waals surface area contributed by atoms with E-state index in [1.807, 2.05) is 27.7 Å². The smallest absolute Gasteiger partial charge is 0.00156 e. The van der Waals surface area contributed by atoms with Gasteiger partial charge in [-0.3, -0.25) is 0 Å². The van der Waals surface area contributed by atoms with Crippen molar-refractivity contribution in [3.63, 3.8) is 0 Å². The number of hydrogen-bond donors (Lipinski definition) is 0. The van der Waals surface area contributed by atoms with Gasteiger partial charge in [-0.1, -0.05) is 97.1 Å². The molecule has 2 rings (SSSR count). The lowest BCUT2D eigenvalue weighted by molar-refractivity contribution is 0.334. The van der Waals surface area contributed by atoms with Gasteiger partial charge in [0, 0.05) is 0 Å². The highest BCUT2D eigenvalue weighted by Crippen LogP contribution is 2.11. The summed E-state index contributed by atoms with van der Waals surface area (Å²) >= 11 is 0. The lowest BCUT2D eigenvalue weighted by Gasteiger charge is -2.13. The average molecular weight is 418 g/mol. The molecule has 0 saturated carbocycles. The summed E-state index contributed by atoms with van der Waals surface area (Å²) < 4.78 is 0. The molecular weight excluding hydrogens is 362 g/mol. The van der Waals surface area contributed by atoms with Gasteiger partial charge in [0.25, 0.3) is 0 Å². The summed E-state index contributed by atoms with van der Waals surface area (Å²) in [7, 11) is 0. The zero-order valence-corrected chi connectivity index (χ0v) is 21.9. The van der Waals surface area contributed by atoms with Crippen molar-refractivity contribution in [1.29, 1.82) is 0 Å². The van der Waals surface area contributed by atoms with E-state index < -0.39 is 0 Å². The second-order valence-electron chi connectivity index (χ2n) is 7.99. The number of unbranched alkanes of at least 4 members (excludes halogenated alkanes) is 3. The van der Waals surface area contributed by atoms with Crippen LogP contribution in [0.2, 0.25) is 0 Å². The van der Waals surface area contributed by atoms with Crippen LogP contribution in [0.1, 0.15) is 117 Å². The Bertz CT molecular complexity index is 454. The summed E-state index contributed by atoms with van der Waals surface area (Å²) in [5.74, 6) is 0. The molecule has 1 aliphatic rings. The van der Waals surface area contributed by atoms with Gasteiger partial charge in [0.15, 0.2) is 0 Å². The third kappa shape index (κ3) is 18.9. The molecule has 0 aliphatic carbocycles. The molecule has 0 aromatic heterocycles.